The Hall–Kier alpha value is -2.17. The lowest BCUT2D eigenvalue weighted by Gasteiger charge is -2.34. The van der Waals surface area contributed by atoms with Gasteiger partial charge in [0.05, 0.1) is 37.2 Å². The number of urea groups is 1. The summed E-state index contributed by atoms with van der Waals surface area (Å²) in [5.41, 5.74) is 1.24. The molecule has 0 spiro atoms. The molecule has 3 atom stereocenters. The largest absolute Gasteiger partial charge is 0.381 e. The minimum Gasteiger partial charge on any atom is -0.381 e. The smallest absolute Gasteiger partial charge is 0.318 e. The molecular weight excluding hydrogens is 456 g/mol. The normalized spacial score (nSPS) is 19.5. The van der Waals surface area contributed by atoms with Crippen LogP contribution in [0.1, 0.15) is 58.5 Å². The molecular formula is C24H40N4O5S. The number of ether oxygens (including phenoxy) is 2. The predicted molar refractivity (Wildman–Crippen MR) is 133 cm³/mol. The third-order valence-electron chi connectivity index (χ3n) is 5.75. The van der Waals surface area contributed by atoms with Crippen molar-refractivity contribution < 1.29 is 22.7 Å². The monoisotopic (exact) mass is 496 g/mol. The van der Waals surface area contributed by atoms with Gasteiger partial charge in [-0.15, -0.1) is 0 Å². The number of sulfone groups is 1. The second-order valence-corrected chi connectivity index (χ2v) is 11.4. The van der Waals surface area contributed by atoms with Gasteiger partial charge in [-0.3, -0.25) is 4.68 Å². The summed E-state index contributed by atoms with van der Waals surface area (Å²) in [5, 5.41) is 8.82. The number of nitrogens with one attached hydrogen (secondary N) is 1. The van der Waals surface area contributed by atoms with Crippen molar-refractivity contribution in [2.75, 3.05) is 33.1 Å². The Morgan fingerprint density at radius 2 is 1.97 bits per heavy atom. The molecule has 2 rings (SSSR count). The van der Waals surface area contributed by atoms with Crippen LogP contribution in [0.4, 0.5) is 4.79 Å². The van der Waals surface area contributed by atoms with Crippen molar-refractivity contribution in [2.24, 2.45) is 5.92 Å². The highest BCUT2D eigenvalue weighted by atomic mass is 32.2. The van der Waals surface area contributed by atoms with Crippen molar-refractivity contribution >= 4 is 15.9 Å². The summed E-state index contributed by atoms with van der Waals surface area (Å²) in [4.78, 5) is 14.6. The molecule has 0 aliphatic carbocycles. The first-order valence-electron chi connectivity index (χ1n) is 11.7. The molecule has 2 amide bonds. The minimum absolute atomic E-state index is 0.189. The van der Waals surface area contributed by atoms with Gasteiger partial charge in [-0.05, 0) is 39.2 Å². The summed E-state index contributed by atoms with van der Waals surface area (Å²) >= 11 is 0. The first-order chi connectivity index (χ1) is 15.9. The molecule has 0 bridgehead atoms. The molecule has 0 saturated carbocycles. The van der Waals surface area contributed by atoms with Gasteiger partial charge in [0.2, 0.25) is 0 Å². The Labute approximate surface area is 204 Å². The van der Waals surface area contributed by atoms with Crippen molar-refractivity contribution in [3.05, 3.63) is 41.1 Å². The Bertz CT molecular complexity index is 985. The van der Waals surface area contributed by atoms with E-state index in [9.17, 15) is 13.2 Å². The quantitative estimate of drug-likeness (QED) is 0.471. The number of nitrogens with zero attached hydrogens (tertiary/aromatic N) is 3. The summed E-state index contributed by atoms with van der Waals surface area (Å²) in [6.45, 7) is 12.2. The van der Waals surface area contributed by atoms with Gasteiger partial charge in [0.25, 0.3) is 0 Å². The highest BCUT2D eigenvalue weighted by molar-refractivity contribution is 7.93. The van der Waals surface area contributed by atoms with E-state index in [2.05, 4.69) is 26.1 Å². The lowest BCUT2D eigenvalue weighted by Crippen LogP contribution is -2.48. The van der Waals surface area contributed by atoms with Crippen molar-refractivity contribution in [1.29, 1.82) is 0 Å². The van der Waals surface area contributed by atoms with Gasteiger partial charge in [0.1, 0.15) is 5.60 Å². The predicted octanol–water partition coefficient (Wildman–Crippen LogP) is 3.40. The molecule has 1 aliphatic heterocycles. The number of carbonyl (C=O) groups is 1. The zero-order valence-corrected chi connectivity index (χ0v) is 22.3. The maximum Gasteiger partial charge on any atom is 0.318 e. The van der Waals surface area contributed by atoms with E-state index < -0.39 is 21.5 Å². The number of carbonyl (C=O) groups excluding carboxylic acids is 1. The van der Waals surface area contributed by atoms with Gasteiger partial charge in [-0.25, -0.2) is 13.2 Å². The average Bonchev–Trinajstić information content (AvgIpc) is 3.17. The molecule has 0 radical (unpaired) electrons. The molecule has 192 valence electrons. The van der Waals surface area contributed by atoms with E-state index in [1.165, 1.54) is 6.08 Å². The molecule has 10 heteroatoms. The van der Waals surface area contributed by atoms with Gasteiger partial charge in [0.15, 0.2) is 9.84 Å². The van der Waals surface area contributed by atoms with Crippen LogP contribution in [0.3, 0.4) is 0 Å². The van der Waals surface area contributed by atoms with Gasteiger partial charge in [0, 0.05) is 31.4 Å². The molecule has 2 heterocycles. The van der Waals surface area contributed by atoms with Crippen LogP contribution < -0.4 is 5.32 Å². The molecule has 1 aromatic rings. The fraction of sp³-hybridized carbons (Fsp3) is 0.667. The molecule has 9 nitrogen and oxygen atoms in total. The molecule has 0 fully saturated rings. The van der Waals surface area contributed by atoms with Crippen molar-refractivity contribution in [1.82, 2.24) is 20.0 Å². The molecule has 1 unspecified atom stereocenters. The van der Waals surface area contributed by atoms with Crippen LogP contribution in [0.5, 0.6) is 0 Å². The number of rotatable bonds is 11. The first kappa shape index (κ1) is 28.1. The zero-order valence-electron chi connectivity index (χ0n) is 21.4. The van der Waals surface area contributed by atoms with E-state index in [0.29, 0.717) is 32.2 Å². The minimum atomic E-state index is -3.24. The molecule has 34 heavy (non-hydrogen) atoms. The van der Waals surface area contributed by atoms with Crippen LogP contribution in [-0.4, -0.2) is 68.3 Å². The summed E-state index contributed by atoms with van der Waals surface area (Å²) in [6.07, 6.45) is 7.28. The standard InChI is InChI=1S/C24H40N4O5S/c1-18(2)17-24(5,33-14-9-8-13-32-6)22-16-21-20(4)27(11-12-28(21)26-22)23(29)25-19(3)10-15-34(7,30)31/h8-10,15-16,18-20H,11-14,17H2,1-7H3,(H,25,29)/b9-8+,15-10-/t19-,20+,24?/m1/s1. The first-order valence-corrected chi connectivity index (χ1v) is 13.6. The van der Waals surface area contributed by atoms with Crippen molar-refractivity contribution in [2.45, 2.75) is 65.3 Å². The number of methoxy groups -OCH3 is 1. The van der Waals surface area contributed by atoms with E-state index in [1.54, 1.807) is 18.9 Å². The number of hydrogen-bond acceptors (Lipinski definition) is 6. The van der Waals surface area contributed by atoms with Gasteiger partial charge >= 0.3 is 6.03 Å². The maximum absolute atomic E-state index is 12.9. The number of hydrogen-bond donors (Lipinski definition) is 1. The number of aromatic nitrogens is 2. The van der Waals surface area contributed by atoms with Crippen LogP contribution in [0.25, 0.3) is 0 Å². The number of amides is 2. The third-order valence-corrected chi connectivity index (χ3v) is 6.40. The highest BCUT2D eigenvalue weighted by Gasteiger charge is 2.36. The topological polar surface area (TPSA) is 103 Å². The van der Waals surface area contributed by atoms with Crippen LogP contribution in [0, 0.1) is 5.92 Å². The SMILES string of the molecule is COC/C=C/COC(C)(CC(C)C)c1cc2n(n1)CCN(C(=O)N[C@H](C)/C=C\S(C)(=O)=O)[C@H]2C. The fourth-order valence-corrected chi connectivity index (χ4v) is 4.63. The second-order valence-electron chi connectivity index (χ2n) is 9.51. The Balaban J connectivity index is 2.17. The second kappa shape index (κ2) is 12.0. The summed E-state index contributed by atoms with van der Waals surface area (Å²) in [7, 11) is -1.59. The van der Waals surface area contributed by atoms with E-state index >= 15 is 0 Å². The van der Waals surface area contributed by atoms with Crippen LogP contribution in [0.15, 0.2) is 29.7 Å². The Morgan fingerprint density at radius 1 is 1.29 bits per heavy atom. The van der Waals surface area contributed by atoms with Crippen LogP contribution in [-0.2, 0) is 31.5 Å². The maximum atomic E-state index is 12.9. The van der Waals surface area contributed by atoms with Crippen LogP contribution >= 0.6 is 0 Å². The molecule has 1 aromatic heterocycles. The summed E-state index contributed by atoms with van der Waals surface area (Å²) < 4.78 is 36.0. The van der Waals surface area contributed by atoms with Gasteiger partial charge in [-0.2, -0.15) is 5.10 Å². The Kier molecular flexibility index (Phi) is 9.90. The third kappa shape index (κ3) is 7.95. The lowest BCUT2D eigenvalue weighted by atomic mass is 9.90. The van der Waals surface area contributed by atoms with E-state index in [4.69, 9.17) is 14.6 Å². The van der Waals surface area contributed by atoms with E-state index in [0.717, 1.165) is 29.5 Å². The molecule has 1 N–H and O–H groups in total. The molecule has 0 saturated heterocycles. The van der Waals surface area contributed by atoms with Crippen LogP contribution in [0.2, 0.25) is 0 Å². The number of fused-ring (bicyclic) bond motifs is 1. The van der Waals surface area contributed by atoms with Gasteiger partial charge in [-0.1, -0.05) is 32.1 Å². The van der Waals surface area contributed by atoms with Crippen molar-refractivity contribution in [3.8, 4) is 0 Å². The summed E-state index contributed by atoms with van der Waals surface area (Å²) in [6, 6.07) is 1.20. The van der Waals surface area contributed by atoms with E-state index in [-0.39, 0.29) is 12.1 Å². The van der Waals surface area contributed by atoms with Gasteiger partial charge < -0.3 is 19.7 Å². The summed E-state index contributed by atoms with van der Waals surface area (Å²) in [5.74, 6) is 0.410. The average molecular weight is 497 g/mol. The molecule has 0 aromatic carbocycles. The fourth-order valence-electron chi connectivity index (χ4n) is 4.11. The lowest BCUT2D eigenvalue weighted by molar-refractivity contribution is -0.0399. The molecule has 1 aliphatic rings. The highest BCUT2D eigenvalue weighted by Crippen LogP contribution is 2.35. The van der Waals surface area contributed by atoms with Crippen molar-refractivity contribution in [3.63, 3.8) is 0 Å². The zero-order chi connectivity index (χ0) is 25.5. The Morgan fingerprint density at radius 3 is 2.59 bits per heavy atom. The van der Waals surface area contributed by atoms with E-state index in [1.807, 2.05) is 29.8 Å².